The zero-order valence-electron chi connectivity index (χ0n) is 12.9. The Balaban J connectivity index is 0.00000220. The van der Waals surface area contributed by atoms with Crippen molar-refractivity contribution in [2.75, 3.05) is 28.2 Å². The fourth-order valence-corrected chi connectivity index (χ4v) is 2.04. The van der Waals surface area contributed by atoms with E-state index in [0.29, 0.717) is 6.54 Å². The maximum Gasteiger partial charge on any atom is 0.195 e. The first kappa shape index (κ1) is 17.5. The predicted molar refractivity (Wildman–Crippen MR) is 98.0 cm³/mol. The fraction of sp³-hybridized carbons (Fsp3) is 0.333. The lowest BCUT2D eigenvalue weighted by molar-refractivity contribution is 0.479. The van der Waals surface area contributed by atoms with Crippen molar-refractivity contribution in [3.8, 4) is 11.3 Å². The van der Waals surface area contributed by atoms with Crippen LogP contribution in [0.15, 0.2) is 41.5 Å². The van der Waals surface area contributed by atoms with E-state index in [4.69, 9.17) is 0 Å². The summed E-state index contributed by atoms with van der Waals surface area (Å²) in [5, 5.41) is 0. The van der Waals surface area contributed by atoms with Gasteiger partial charge >= 0.3 is 0 Å². The lowest BCUT2D eigenvalue weighted by Crippen LogP contribution is -2.35. The molecule has 0 atom stereocenters. The molecule has 0 unspecified atom stereocenters. The molecule has 0 saturated heterocycles. The van der Waals surface area contributed by atoms with Crippen molar-refractivity contribution in [3.05, 3.63) is 42.4 Å². The Morgan fingerprint density at radius 2 is 1.71 bits per heavy atom. The lowest BCUT2D eigenvalue weighted by Gasteiger charge is -2.22. The Kier molecular flexibility index (Phi) is 6.67. The molecule has 2 rings (SSSR count). The van der Waals surface area contributed by atoms with Crippen molar-refractivity contribution >= 4 is 29.9 Å². The molecule has 114 valence electrons. The maximum atomic E-state index is 4.57. The highest BCUT2D eigenvalue weighted by Gasteiger charge is 2.06. The monoisotopic (exact) mass is 399 g/mol. The molecule has 0 spiro atoms. The van der Waals surface area contributed by atoms with Gasteiger partial charge in [-0.15, -0.1) is 24.0 Å². The molecule has 2 aromatic rings. The van der Waals surface area contributed by atoms with Crippen LogP contribution in [0.4, 0.5) is 0 Å². The number of imidazole rings is 1. The Bertz CT molecular complexity index is 565. The largest absolute Gasteiger partial charge is 0.349 e. The molecule has 0 aliphatic heterocycles. The van der Waals surface area contributed by atoms with E-state index in [0.717, 1.165) is 23.0 Å². The van der Waals surface area contributed by atoms with Crippen LogP contribution < -0.4 is 0 Å². The van der Waals surface area contributed by atoms with Crippen LogP contribution in [-0.4, -0.2) is 53.9 Å². The number of hydrogen-bond acceptors (Lipinski definition) is 2. The van der Waals surface area contributed by atoms with Crippen LogP contribution in [0, 0.1) is 0 Å². The number of nitrogens with zero attached hydrogens (tertiary/aromatic N) is 4. The molecule has 0 aliphatic carbocycles. The normalized spacial score (nSPS) is 9.71. The van der Waals surface area contributed by atoms with Crippen LogP contribution in [0.3, 0.4) is 0 Å². The third-order valence-corrected chi connectivity index (χ3v) is 2.88. The second-order valence-corrected chi connectivity index (χ2v) is 5.01. The number of rotatable bonds is 3. The summed E-state index contributed by atoms with van der Waals surface area (Å²) in [6.07, 6.45) is 1.85. The van der Waals surface area contributed by atoms with Crippen LogP contribution in [-0.2, 0) is 6.54 Å². The quantitative estimate of drug-likeness (QED) is 0.491. The van der Waals surface area contributed by atoms with Gasteiger partial charge in [-0.2, -0.15) is 0 Å². The fourth-order valence-electron chi connectivity index (χ4n) is 2.04. The van der Waals surface area contributed by atoms with Crippen LogP contribution in [0.2, 0.25) is 0 Å². The van der Waals surface area contributed by atoms with Crippen molar-refractivity contribution in [1.29, 1.82) is 0 Å². The minimum atomic E-state index is 0. The maximum absolute atomic E-state index is 4.57. The summed E-state index contributed by atoms with van der Waals surface area (Å²) >= 11 is 0. The number of hydrogen-bond donors (Lipinski definition) is 1. The number of benzene rings is 1. The predicted octanol–water partition coefficient (Wildman–Crippen LogP) is 2.67. The van der Waals surface area contributed by atoms with E-state index in [1.54, 1.807) is 0 Å². The minimum Gasteiger partial charge on any atom is -0.349 e. The standard InChI is InChI=1S/C15H21N5.HI/c1-19(2)15(20(3)4)17-11-14-16-10-13(18-14)12-8-6-5-7-9-12;/h5-10H,11H2,1-4H3,(H,16,18);1H. The number of H-pyrrole nitrogens is 1. The van der Waals surface area contributed by atoms with Gasteiger partial charge in [-0.05, 0) is 5.56 Å². The first-order valence-electron chi connectivity index (χ1n) is 6.56. The number of nitrogens with one attached hydrogen (secondary N) is 1. The third-order valence-electron chi connectivity index (χ3n) is 2.88. The van der Waals surface area contributed by atoms with E-state index in [9.17, 15) is 0 Å². The summed E-state index contributed by atoms with van der Waals surface area (Å²) in [7, 11) is 7.93. The van der Waals surface area contributed by atoms with E-state index in [2.05, 4.69) is 27.1 Å². The number of guanidine groups is 1. The van der Waals surface area contributed by atoms with E-state index in [1.807, 2.05) is 62.4 Å². The van der Waals surface area contributed by atoms with Gasteiger partial charge in [0.05, 0.1) is 11.9 Å². The Morgan fingerprint density at radius 1 is 1.10 bits per heavy atom. The Labute approximate surface area is 143 Å². The average Bonchev–Trinajstić information content (AvgIpc) is 2.88. The third kappa shape index (κ3) is 4.73. The highest BCUT2D eigenvalue weighted by Crippen LogP contribution is 2.16. The molecule has 1 heterocycles. The molecule has 5 nitrogen and oxygen atoms in total. The van der Waals surface area contributed by atoms with Gasteiger partial charge in [0.15, 0.2) is 5.96 Å². The van der Waals surface area contributed by atoms with Gasteiger partial charge in [-0.25, -0.2) is 9.98 Å². The Morgan fingerprint density at radius 3 is 2.29 bits per heavy atom. The zero-order valence-corrected chi connectivity index (χ0v) is 15.2. The first-order chi connectivity index (χ1) is 9.58. The highest BCUT2D eigenvalue weighted by atomic mass is 127. The van der Waals surface area contributed by atoms with Gasteiger partial charge in [-0.1, -0.05) is 30.3 Å². The molecular formula is C15H22IN5. The molecule has 1 aromatic carbocycles. The van der Waals surface area contributed by atoms with Crippen molar-refractivity contribution in [2.24, 2.45) is 4.99 Å². The van der Waals surface area contributed by atoms with Crippen LogP contribution >= 0.6 is 24.0 Å². The smallest absolute Gasteiger partial charge is 0.195 e. The summed E-state index contributed by atoms with van der Waals surface area (Å²) in [6, 6.07) is 10.2. The van der Waals surface area contributed by atoms with Gasteiger partial charge in [-0.3, -0.25) is 0 Å². The van der Waals surface area contributed by atoms with Gasteiger partial charge in [0.25, 0.3) is 0 Å². The molecular weight excluding hydrogens is 377 g/mol. The zero-order chi connectivity index (χ0) is 14.5. The molecule has 0 amide bonds. The number of aromatic nitrogens is 2. The van der Waals surface area contributed by atoms with E-state index in [-0.39, 0.29) is 24.0 Å². The minimum absolute atomic E-state index is 0. The summed E-state index contributed by atoms with van der Waals surface area (Å²) in [5.41, 5.74) is 2.16. The molecule has 21 heavy (non-hydrogen) atoms. The van der Waals surface area contributed by atoms with E-state index < -0.39 is 0 Å². The van der Waals surface area contributed by atoms with Gasteiger partial charge in [0.1, 0.15) is 12.4 Å². The molecule has 0 bridgehead atoms. The number of aromatic amines is 1. The average molecular weight is 399 g/mol. The van der Waals surface area contributed by atoms with Crippen molar-refractivity contribution in [1.82, 2.24) is 19.8 Å². The highest BCUT2D eigenvalue weighted by molar-refractivity contribution is 14.0. The summed E-state index contributed by atoms with van der Waals surface area (Å²) in [6.45, 7) is 0.540. The summed E-state index contributed by atoms with van der Waals surface area (Å²) in [4.78, 5) is 16.2. The van der Waals surface area contributed by atoms with Crippen LogP contribution in [0.5, 0.6) is 0 Å². The topological polar surface area (TPSA) is 47.5 Å². The van der Waals surface area contributed by atoms with Crippen LogP contribution in [0.1, 0.15) is 5.82 Å². The molecule has 0 saturated carbocycles. The lowest BCUT2D eigenvalue weighted by atomic mass is 10.2. The van der Waals surface area contributed by atoms with E-state index >= 15 is 0 Å². The van der Waals surface area contributed by atoms with Gasteiger partial charge in [0, 0.05) is 28.2 Å². The van der Waals surface area contributed by atoms with Gasteiger partial charge in [0.2, 0.25) is 0 Å². The molecule has 0 fully saturated rings. The molecule has 1 N–H and O–H groups in total. The molecule has 0 aliphatic rings. The molecule has 6 heteroatoms. The van der Waals surface area contributed by atoms with Crippen LogP contribution in [0.25, 0.3) is 11.3 Å². The summed E-state index contributed by atoms with van der Waals surface area (Å²) < 4.78 is 0. The van der Waals surface area contributed by atoms with Gasteiger partial charge < -0.3 is 14.8 Å². The van der Waals surface area contributed by atoms with Crippen molar-refractivity contribution in [3.63, 3.8) is 0 Å². The molecule has 0 radical (unpaired) electrons. The van der Waals surface area contributed by atoms with Crippen molar-refractivity contribution < 1.29 is 0 Å². The number of aliphatic imine (C=N–C) groups is 1. The van der Waals surface area contributed by atoms with E-state index in [1.165, 1.54) is 0 Å². The second-order valence-electron chi connectivity index (χ2n) is 5.01. The first-order valence-corrected chi connectivity index (χ1v) is 6.56. The SMILES string of the molecule is CN(C)C(=NCc1ncc(-c2ccccc2)[nH]1)N(C)C.I. The molecule has 1 aromatic heterocycles. The number of halogens is 1. The second kappa shape index (κ2) is 8.02. The van der Waals surface area contributed by atoms with Crippen molar-refractivity contribution in [2.45, 2.75) is 6.54 Å². The Hall–Kier alpha value is -1.57. The summed E-state index contributed by atoms with van der Waals surface area (Å²) in [5.74, 6) is 1.78.